The maximum absolute atomic E-state index is 12.2. The fraction of sp³-hybridized carbons (Fsp3) is 0.188. The van der Waals surface area contributed by atoms with Crippen molar-refractivity contribution in [3.8, 4) is 0 Å². The second-order valence-electron chi connectivity index (χ2n) is 4.66. The van der Waals surface area contributed by atoms with Crippen LogP contribution < -0.4 is 5.32 Å². The van der Waals surface area contributed by atoms with Crippen LogP contribution in [0.3, 0.4) is 0 Å². The predicted octanol–water partition coefficient (Wildman–Crippen LogP) is 5.42. The third kappa shape index (κ3) is 4.40. The summed E-state index contributed by atoms with van der Waals surface area (Å²) in [7, 11) is 0. The number of thioether (sulfide) groups is 1. The summed E-state index contributed by atoms with van der Waals surface area (Å²) in [6, 6.07) is 13.2. The number of benzene rings is 2. The SMILES string of the molecule is Cc1ccc(S[C@@H](C)C(=O)Nc2cccc(Cl)c2Cl)cc1. The number of aryl methyl sites for hydroxylation is 1. The maximum Gasteiger partial charge on any atom is 0.237 e. The number of amides is 1. The third-order valence-electron chi connectivity index (χ3n) is 2.91. The van der Waals surface area contributed by atoms with Crippen LogP contribution in [0.25, 0.3) is 0 Å². The molecule has 0 aliphatic carbocycles. The van der Waals surface area contributed by atoms with Crippen molar-refractivity contribution in [3.63, 3.8) is 0 Å². The van der Waals surface area contributed by atoms with Gasteiger partial charge < -0.3 is 5.32 Å². The number of rotatable bonds is 4. The van der Waals surface area contributed by atoms with Crippen molar-refractivity contribution in [2.24, 2.45) is 0 Å². The van der Waals surface area contributed by atoms with E-state index < -0.39 is 0 Å². The maximum atomic E-state index is 12.2. The van der Waals surface area contributed by atoms with Crippen LogP contribution in [-0.2, 0) is 4.79 Å². The van der Waals surface area contributed by atoms with E-state index >= 15 is 0 Å². The van der Waals surface area contributed by atoms with Gasteiger partial charge in [-0.1, -0.05) is 47.0 Å². The Balaban J connectivity index is 2.02. The minimum Gasteiger partial charge on any atom is -0.324 e. The minimum atomic E-state index is -0.234. The van der Waals surface area contributed by atoms with Crippen molar-refractivity contribution in [2.75, 3.05) is 5.32 Å². The molecule has 110 valence electrons. The van der Waals surface area contributed by atoms with Crippen molar-refractivity contribution in [3.05, 3.63) is 58.1 Å². The van der Waals surface area contributed by atoms with Gasteiger partial charge in [-0.25, -0.2) is 0 Å². The second-order valence-corrected chi connectivity index (χ2v) is 6.86. The van der Waals surface area contributed by atoms with E-state index in [4.69, 9.17) is 23.2 Å². The Hall–Kier alpha value is -1.16. The standard InChI is InChI=1S/C16H15Cl2NOS/c1-10-6-8-12(9-7-10)21-11(2)16(20)19-14-5-3-4-13(17)15(14)18/h3-9,11H,1-2H3,(H,19,20)/t11-/m0/s1. The molecular formula is C16H15Cl2NOS. The molecule has 0 saturated carbocycles. The lowest BCUT2D eigenvalue weighted by Gasteiger charge is -2.13. The highest BCUT2D eigenvalue weighted by Crippen LogP contribution is 2.31. The average molecular weight is 340 g/mol. The summed E-state index contributed by atoms with van der Waals surface area (Å²) in [4.78, 5) is 13.3. The Kier molecular flexibility index (Phi) is 5.57. The van der Waals surface area contributed by atoms with Gasteiger partial charge in [0.05, 0.1) is 21.0 Å². The Morgan fingerprint density at radius 3 is 2.48 bits per heavy atom. The molecule has 1 atom stereocenters. The van der Waals surface area contributed by atoms with E-state index in [1.165, 1.54) is 17.3 Å². The normalized spacial score (nSPS) is 12.0. The van der Waals surface area contributed by atoms with Crippen LogP contribution in [0.4, 0.5) is 5.69 Å². The van der Waals surface area contributed by atoms with E-state index in [0.29, 0.717) is 15.7 Å². The lowest BCUT2D eigenvalue weighted by Crippen LogP contribution is -2.22. The summed E-state index contributed by atoms with van der Waals surface area (Å²) in [6.07, 6.45) is 0. The topological polar surface area (TPSA) is 29.1 Å². The number of nitrogens with one attached hydrogen (secondary N) is 1. The Morgan fingerprint density at radius 2 is 1.81 bits per heavy atom. The van der Waals surface area contributed by atoms with Gasteiger partial charge in [0.15, 0.2) is 0 Å². The first-order valence-electron chi connectivity index (χ1n) is 6.45. The van der Waals surface area contributed by atoms with Crippen LogP contribution in [-0.4, -0.2) is 11.2 Å². The number of carbonyl (C=O) groups excluding carboxylic acids is 1. The zero-order chi connectivity index (χ0) is 15.4. The van der Waals surface area contributed by atoms with Gasteiger partial charge in [0.1, 0.15) is 0 Å². The molecule has 1 amide bonds. The monoisotopic (exact) mass is 339 g/mol. The molecular weight excluding hydrogens is 325 g/mol. The molecule has 0 saturated heterocycles. The minimum absolute atomic E-state index is 0.107. The summed E-state index contributed by atoms with van der Waals surface area (Å²) in [5.41, 5.74) is 1.73. The molecule has 0 fully saturated rings. The molecule has 2 aromatic carbocycles. The fourth-order valence-electron chi connectivity index (χ4n) is 1.71. The van der Waals surface area contributed by atoms with E-state index in [-0.39, 0.29) is 11.2 Å². The first-order chi connectivity index (χ1) is 9.97. The molecule has 0 aliphatic heterocycles. The fourth-order valence-corrected chi connectivity index (χ4v) is 2.92. The lowest BCUT2D eigenvalue weighted by molar-refractivity contribution is -0.115. The van der Waals surface area contributed by atoms with Gasteiger partial charge in [-0.3, -0.25) is 4.79 Å². The summed E-state index contributed by atoms with van der Waals surface area (Å²) < 4.78 is 0. The summed E-state index contributed by atoms with van der Waals surface area (Å²) in [5.74, 6) is -0.107. The van der Waals surface area contributed by atoms with Gasteiger partial charge in [-0.05, 0) is 38.1 Å². The highest BCUT2D eigenvalue weighted by Gasteiger charge is 2.16. The highest BCUT2D eigenvalue weighted by atomic mass is 35.5. The second kappa shape index (κ2) is 7.21. The molecule has 2 aromatic rings. The van der Waals surface area contributed by atoms with E-state index in [1.807, 2.05) is 38.1 Å². The summed E-state index contributed by atoms with van der Waals surface area (Å²) >= 11 is 13.5. The Morgan fingerprint density at radius 1 is 1.14 bits per heavy atom. The van der Waals surface area contributed by atoms with Gasteiger partial charge in [0, 0.05) is 4.90 Å². The van der Waals surface area contributed by atoms with Gasteiger partial charge in [-0.2, -0.15) is 0 Å². The van der Waals surface area contributed by atoms with Crippen molar-refractivity contribution in [1.29, 1.82) is 0 Å². The van der Waals surface area contributed by atoms with Crippen LogP contribution in [0.2, 0.25) is 10.0 Å². The van der Waals surface area contributed by atoms with Crippen molar-refractivity contribution < 1.29 is 4.79 Å². The van der Waals surface area contributed by atoms with Crippen molar-refractivity contribution in [1.82, 2.24) is 0 Å². The van der Waals surface area contributed by atoms with E-state index in [9.17, 15) is 4.79 Å². The first kappa shape index (κ1) is 16.2. The van der Waals surface area contributed by atoms with Crippen LogP contribution >= 0.6 is 35.0 Å². The average Bonchev–Trinajstić information content (AvgIpc) is 2.46. The van der Waals surface area contributed by atoms with Crippen LogP contribution in [0.1, 0.15) is 12.5 Å². The Bertz CT molecular complexity index is 643. The molecule has 2 rings (SSSR count). The first-order valence-corrected chi connectivity index (χ1v) is 8.09. The molecule has 0 heterocycles. The largest absolute Gasteiger partial charge is 0.324 e. The Labute approximate surface area is 138 Å². The van der Waals surface area contributed by atoms with E-state index in [2.05, 4.69) is 5.32 Å². The molecule has 0 aliphatic rings. The molecule has 2 nitrogen and oxygen atoms in total. The number of anilines is 1. The molecule has 0 aromatic heterocycles. The molecule has 0 radical (unpaired) electrons. The number of carbonyl (C=O) groups is 1. The summed E-state index contributed by atoms with van der Waals surface area (Å²) in [6.45, 7) is 3.89. The molecule has 0 bridgehead atoms. The molecule has 5 heteroatoms. The van der Waals surface area contributed by atoms with Gasteiger partial charge >= 0.3 is 0 Å². The van der Waals surface area contributed by atoms with Crippen LogP contribution in [0, 0.1) is 6.92 Å². The van der Waals surface area contributed by atoms with Crippen LogP contribution in [0.5, 0.6) is 0 Å². The molecule has 0 spiro atoms. The smallest absolute Gasteiger partial charge is 0.237 e. The predicted molar refractivity (Wildman–Crippen MR) is 91.6 cm³/mol. The van der Waals surface area contributed by atoms with Crippen LogP contribution in [0.15, 0.2) is 47.4 Å². The zero-order valence-electron chi connectivity index (χ0n) is 11.7. The quantitative estimate of drug-likeness (QED) is 0.753. The zero-order valence-corrected chi connectivity index (χ0v) is 14.0. The number of hydrogen-bond donors (Lipinski definition) is 1. The lowest BCUT2D eigenvalue weighted by atomic mass is 10.2. The van der Waals surface area contributed by atoms with Crippen molar-refractivity contribution >= 4 is 46.6 Å². The van der Waals surface area contributed by atoms with Gasteiger partial charge in [0.25, 0.3) is 0 Å². The number of hydrogen-bond acceptors (Lipinski definition) is 2. The third-order valence-corrected chi connectivity index (χ3v) is 4.84. The van der Waals surface area contributed by atoms with Gasteiger partial charge in [0.2, 0.25) is 5.91 Å². The number of halogens is 2. The molecule has 0 unspecified atom stereocenters. The molecule has 21 heavy (non-hydrogen) atoms. The van der Waals surface area contributed by atoms with E-state index in [0.717, 1.165) is 4.90 Å². The summed E-state index contributed by atoms with van der Waals surface area (Å²) in [5, 5.41) is 3.36. The van der Waals surface area contributed by atoms with Gasteiger partial charge in [-0.15, -0.1) is 11.8 Å². The molecule has 1 N–H and O–H groups in total. The highest BCUT2D eigenvalue weighted by molar-refractivity contribution is 8.00. The van der Waals surface area contributed by atoms with Crippen molar-refractivity contribution in [2.45, 2.75) is 24.0 Å². The van der Waals surface area contributed by atoms with E-state index in [1.54, 1.807) is 18.2 Å².